The van der Waals surface area contributed by atoms with Gasteiger partial charge in [0.1, 0.15) is 5.82 Å². The minimum absolute atomic E-state index is 0.569. The minimum atomic E-state index is -3.27. The molecule has 0 aliphatic carbocycles. The Labute approximate surface area is 200 Å². The molecule has 3 N–H and O–H groups in total. The zero-order chi connectivity index (χ0) is 23.5. The van der Waals surface area contributed by atoms with Gasteiger partial charge in [-0.3, -0.25) is 9.62 Å². The second kappa shape index (κ2) is 9.73. The van der Waals surface area contributed by atoms with Crippen LogP contribution in [0.25, 0.3) is 10.9 Å². The smallest absolute Gasteiger partial charge is 0.229 e. The van der Waals surface area contributed by atoms with Gasteiger partial charge in [0.25, 0.3) is 0 Å². The zero-order valence-corrected chi connectivity index (χ0v) is 20.2. The Bertz CT molecular complexity index is 1240. The molecule has 0 bridgehead atoms. The lowest BCUT2D eigenvalue weighted by Crippen LogP contribution is -2.61. The van der Waals surface area contributed by atoms with Crippen molar-refractivity contribution in [3.8, 4) is 0 Å². The molecular weight excluding hydrogens is 450 g/mol. The van der Waals surface area contributed by atoms with Crippen molar-refractivity contribution >= 4 is 38.4 Å². The van der Waals surface area contributed by atoms with Gasteiger partial charge in [-0.1, -0.05) is 24.3 Å². The molecule has 1 aromatic heterocycles. The van der Waals surface area contributed by atoms with Gasteiger partial charge in [-0.25, -0.2) is 13.4 Å². The fraction of sp³-hybridized carbons (Fsp3) is 0.417. The number of nitrogens with one attached hydrogen (secondary N) is 3. The number of fused-ring (bicyclic) bond motifs is 1. The Morgan fingerprint density at radius 1 is 1.00 bits per heavy atom. The first-order chi connectivity index (χ1) is 16.4. The van der Waals surface area contributed by atoms with Gasteiger partial charge >= 0.3 is 0 Å². The summed E-state index contributed by atoms with van der Waals surface area (Å²) in [5.41, 5.74) is 2.63. The highest BCUT2D eigenvalue weighted by Crippen LogP contribution is 2.24. The quantitative estimate of drug-likeness (QED) is 0.447. The fourth-order valence-electron chi connectivity index (χ4n) is 4.44. The molecule has 2 saturated heterocycles. The highest BCUT2D eigenvalue weighted by molar-refractivity contribution is 7.92. The van der Waals surface area contributed by atoms with Crippen molar-refractivity contribution in [1.29, 1.82) is 0 Å². The molecule has 2 fully saturated rings. The monoisotopic (exact) mass is 481 g/mol. The highest BCUT2D eigenvalue weighted by atomic mass is 32.2. The van der Waals surface area contributed by atoms with Crippen molar-refractivity contribution in [2.75, 3.05) is 67.0 Å². The average Bonchev–Trinajstić information content (AvgIpc) is 2.78. The molecule has 34 heavy (non-hydrogen) atoms. The van der Waals surface area contributed by atoms with Crippen LogP contribution in [0.5, 0.6) is 0 Å². The van der Waals surface area contributed by atoms with Crippen LogP contribution in [-0.2, 0) is 16.4 Å². The lowest BCUT2D eigenvalue weighted by atomic mass is 10.1. The van der Waals surface area contributed by atoms with Crippen molar-refractivity contribution in [3.05, 3.63) is 54.1 Å². The summed E-state index contributed by atoms with van der Waals surface area (Å²) in [5.74, 6) is 1.63. The molecule has 2 aliphatic rings. The highest BCUT2D eigenvalue weighted by Gasteiger charge is 2.28. The van der Waals surface area contributed by atoms with E-state index in [9.17, 15) is 8.42 Å². The third-order valence-electron chi connectivity index (χ3n) is 6.43. The molecule has 2 aromatic carbocycles. The van der Waals surface area contributed by atoms with Gasteiger partial charge in [-0.05, 0) is 36.2 Å². The Morgan fingerprint density at radius 3 is 2.41 bits per heavy atom. The summed E-state index contributed by atoms with van der Waals surface area (Å²) in [5, 5.41) is 7.87. The predicted molar refractivity (Wildman–Crippen MR) is 137 cm³/mol. The van der Waals surface area contributed by atoms with Gasteiger partial charge in [0.15, 0.2) is 0 Å². The van der Waals surface area contributed by atoms with Crippen LogP contribution in [0, 0.1) is 0 Å². The predicted octanol–water partition coefficient (Wildman–Crippen LogP) is 1.75. The van der Waals surface area contributed by atoms with Gasteiger partial charge in [0.05, 0.1) is 11.8 Å². The van der Waals surface area contributed by atoms with Crippen molar-refractivity contribution in [3.63, 3.8) is 0 Å². The molecule has 0 atom stereocenters. The number of anilines is 3. The number of hydrogen-bond donors (Lipinski definition) is 3. The van der Waals surface area contributed by atoms with Gasteiger partial charge < -0.3 is 15.5 Å². The summed E-state index contributed by atoms with van der Waals surface area (Å²) < 4.78 is 25.3. The van der Waals surface area contributed by atoms with E-state index in [2.05, 4.69) is 31.2 Å². The van der Waals surface area contributed by atoms with Crippen molar-refractivity contribution in [2.45, 2.75) is 12.5 Å². The van der Waals surface area contributed by atoms with E-state index in [0.717, 1.165) is 80.2 Å². The second-order valence-electron chi connectivity index (χ2n) is 8.97. The summed E-state index contributed by atoms with van der Waals surface area (Å²) in [7, 11) is -3.27. The first kappa shape index (κ1) is 22.8. The number of piperazine rings is 1. The topological polar surface area (TPSA) is 102 Å². The molecule has 10 heteroatoms. The van der Waals surface area contributed by atoms with Crippen LogP contribution in [-0.4, -0.2) is 81.4 Å². The van der Waals surface area contributed by atoms with E-state index in [1.54, 1.807) is 12.1 Å². The number of para-hydroxylation sites is 1. The molecule has 0 amide bonds. The summed E-state index contributed by atoms with van der Waals surface area (Å²) in [4.78, 5) is 14.6. The first-order valence-corrected chi connectivity index (χ1v) is 13.6. The summed E-state index contributed by atoms with van der Waals surface area (Å²) in [6.45, 7) is 6.84. The Kier molecular flexibility index (Phi) is 6.53. The largest absolute Gasteiger partial charge is 0.369 e. The van der Waals surface area contributed by atoms with Crippen LogP contribution in [0.4, 0.5) is 17.5 Å². The van der Waals surface area contributed by atoms with Gasteiger partial charge in [0, 0.05) is 62.9 Å². The Hall–Kier alpha value is -2.95. The lowest BCUT2D eigenvalue weighted by Gasteiger charge is -2.43. The summed E-state index contributed by atoms with van der Waals surface area (Å²) >= 11 is 0. The molecule has 0 saturated carbocycles. The molecule has 180 valence electrons. The van der Waals surface area contributed by atoms with E-state index in [1.807, 2.05) is 30.3 Å². The van der Waals surface area contributed by atoms with Crippen LogP contribution < -0.4 is 20.3 Å². The van der Waals surface area contributed by atoms with E-state index in [0.29, 0.717) is 18.3 Å². The standard InChI is InChI=1S/C24H31N7O2S/c1-34(32,33)29-19-8-6-18(7-9-19)10-11-26-23-21-4-2-3-5-22(21)27-24(28-23)31-14-12-30(13-15-31)20-16-25-17-20/h2-9,20,25,29H,10-17H2,1H3,(H,26,27,28). The minimum Gasteiger partial charge on any atom is -0.369 e. The number of rotatable bonds is 8. The number of nitrogens with zero attached hydrogens (tertiary/aromatic N) is 4. The SMILES string of the molecule is CS(=O)(=O)Nc1ccc(CCNc2nc(N3CCN(C4CNC4)CC3)nc3ccccc23)cc1. The second-order valence-corrected chi connectivity index (χ2v) is 10.7. The normalized spacial score (nSPS) is 17.5. The maximum Gasteiger partial charge on any atom is 0.229 e. The van der Waals surface area contributed by atoms with E-state index < -0.39 is 10.0 Å². The molecule has 3 aromatic rings. The van der Waals surface area contributed by atoms with Gasteiger partial charge in [-0.2, -0.15) is 4.98 Å². The van der Waals surface area contributed by atoms with Crippen molar-refractivity contribution in [1.82, 2.24) is 20.2 Å². The van der Waals surface area contributed by atoms with Crippen LogP contribution in [0.2, 0.25) is 0 Å². The van der Waals surface area contributed by atoms with Crippen LogP contribution in [0.1, 0.15) is 5.56 Å². The zero-order valence-electron chi connectivity index (χ0n) is 19.4. The molecule has 9 nitrogen and oxygen atoms in total. The van der Waals surface area contributed by atoms with E-state index in [1.165, 1.54) is 0 Å². The maximum absolute atomic E-state index is 11.4. The lowest BCUT2D eigenvalue weighted by molar-refractivity contribution is 0.137. The van der Waals surface area contributed by atoms with Gasteiger partial charge in [-0.15, -0.1) is 0 Å². The van der Waals surface area contributed by atoms with Crippen LogP contribution in [0.3, 0.4) is 0 Å². The number of benzene rings is 2. The molecule has 5 rings (SSSR count). The number of sulfonamides is 1. The van der Waals surface area contributed by atoms with Crippen LogP contribution >= 0.6 is 0 Å². The summed E-state index contributed by atoms with van der Waals surface area (Å²) in [6.07, 6.45) is 1.94. The Balaban J connectivity index is 1.25. The fourth-order valence-corrected chi connectivity index (χ4v) is 5.00. The third kappa shape index (κ3) is 5.40. The molecule has 0 radical (unpaired) electrons. The van der Waals surface area contributed by atoms with E-state index in [-0.39, 0.29) is 0 Å². The number of aromatic nitrogens is 2. The Morgan fingerprint density at radius 2 is 1.74 bits per heavy atom. The van der Waals surface area contributed by atoms with E-state index >= 15 is 0 Å². The maximum atomic E-state index is 11.4. The van der Waals surface area contributed by atoms with E-state index in [4.69, 9.17) is 9.97 Å². The van der Waals surface area contributed by atoms with Crippen molar-refractivity contribution < 1.29 is 8.42 Å². The third-order valence-corrected chi connectivity index (χ3v) is 7.03. The molecule has 2 aliphatic heterocycles. The molecule has 0 unspecified atom stereocenters. The summed E-state index contributed by atoms with van der Waals surface area (Å²) in [6, 6.07) is 16.2. The average molecular weight is 482 g/mol. The number of hydrogen-bond acceptors (Lipinski definition) is 8. The van der Waals surface area contributed by atoms with Gasteiger partial charge in [0.2, 0.25) is 16.0 Å². The molecule has 0 spiro atoms. The van der Waals surface area contributed by atoms with Crippen molar-refractivity contribution in [2.24, 2.45) is 0 Å². The molecular formula is C24H31N7O2S. The first-order valence-electron chi connectivity index (χ1n) is 11.7. The van der Waals surface area contributed by atoms with Crippen LogP contribution in [0.15, 0.2) is 48.5 Å². The molecule has 3 heterocycles.